The highest BCUT2D eigenvalue weighted by Gasteiger charge is 2.06. The molecule has 0 unspecified atom stereocenters. The van der Waals surface area contributed by atoms with Gasteiger partial charge in [0.1, 0.15) is 5.82 Å². The summed E-state index contributed by atoms with van der Waals surface area (Å²) in [6, 6.07) is 8.08. The molecular formula is C21H25ClFN3O. The van der Waals surface area contributed by atoms with Crippen LogP contribution in [0.1, 0.15) is 56.3 Å². The zero-order valence-corrected chi connectivity index (χ0v) is 17.1. The van der Waals surface area contributed by atoms with Crippen molar-refractivity contribution in [3.8, 4) is 0 Å². The van der Waals surface area contributed by atoms with Gasteiger partial charge in [0.25, 0.3) is 0 Å². The molecule has 0 radical (unpaired) electrons. The highest BCUT2D eigenvalue weighted by Crippen LogP contribution is 2.19. The van der Waals surface area contributed by atoms with E-state index < -0.39 is 0 Å². The molecule has 0 aliphatic carbocycles. The Kier molecular flexibility index (Phi) is 9.98. The average molecular weight is 390 g/mol. The molecule has 27 heavy (non-hydrogen) atoms. The van der Waals surface area contributed by atoms with Gasteiger partial charge in [0.2, 0.25) is 11.8 Å². The minimum absolute atomic E-state index is 0.324. The van der Waals surface area contributed by atoms with Crippen LogP contribution < -0.4 is 0 Å². The first kappa shape index (κ1) is 22.5. The van der Waals surface area contributed by atoms with Gasteiger partial charge in [-0.3, -0.25) is 4.98 Å². The van der Waals surface area contributed by atoms with E-state index in [4.69, 9.17) is 16.0 Å². The molecule has 0 saturated carbocycles. The van der Waals surface area contributed by atoms with E-state index in [2.05, 4.69) is 15.2 Å². The van der Waals surface area contributed by atoms with Crippen LogP contribution in [0.2, 0.25) is 5.02 Å². The third kappa shape index (κ3) is 7.31. The number of halogens is 2. The molecule has 2 aromatic heterocycles. The number of hydrogen-bond acceptors (Lipinski definition) is 4. The second-order valence-corrected chi connectivity index (χ2v) is 5.44. The molecule has 3 aromatic rings. The first-order valence-electron chi connectivity index (χ1n) is 8.97. The predicted octanol–water partition coefficient (Wildman–Crippen LogP) is 6.38. The van der Waals surface area contributed by atoms with Crippen molar-refractivity contribution in [2.75, 3.05) is 0 Å². The van der Waals surface area contributed by atoms with E-state index in [-0.39, 0.29) is 5.82 Å². The number of aryl methyl sites for hydroxylation is 1. The van der Waals surface area contributed by atoms with Gasteiger partial charge in [-0.2, -0.15) is 0 Å². The van der Waals surface area contributed by atoms with Crippen LogP contribution in [0.3, 0.4) is 0 Å². The molecule has 0 atom stereocenters. The van der Waals surface area contributed by atoms with Crippen molar-refractivity contribution < 1.29 is 8.81 Å². The van der Waals surface area contributed by atoms with Crippen molar-refractivity contribution in [3.63, 3.8) is 0 Å². The fourth-order valence-corrected chi connectivity index (χ4v) is 2.28. The largest absolute Gasteiger partial charge is 0.421 e. The van der Waals surface area contributed by atoms with Gasteiger partial charge in [0.05, 0.1) is 11.4 Å². The van der Waals surface area contributed by atoms with Gasteiger partial charge in [-0.25, -0.2) is 4.39 Å². The number of pyridine rings is 1. The van der Waals surface area contributed by atoms with Crippen molar-refractivity contribution in [1.82, 2.24) is 15.2 Å². The molecule has 0 aliphatic heterocycles. The molecule has 0 fully saturated rings. The number of aromatic nitrogens is 3. The first-order valence-corrected chi connectivity index (χ1v) is 9.35. The zero-order valence-electron chi connectivity index (χ0n) is 16.3. The van der Waals surface area contributed by atoms with Gasteiger partial charge < -0.3 is 4.42 Å². The summed E-state index contributed by atoms with van der Waals surface area (Å²) >= 11 is 5.96. The SMILES string of the molecule is CC.CC.Cc1ccnc(Cc2nnc(/C=C/c3ccc(F)cc3Cl)o2)c1. The Balaban J connectivity index is 0.000000855. The molecular weight excluding hydrogens is 365 g/mol. The van der Waals surface area contributed by atoms with Gasteiger partial charge in [-0.15, -0.1) is 10.2 Å². The molecule has 0 saturated heterocycles. The topological polar surface area (TPSA) is 51.8 Å². The first-order chi connectivity index (χ1) is 13.1. The fraction of sp³-hybridized carbons (Fsp3) is 0.286. The fourth-order valence-electron chi connectivity index (χ4n) is 2.05. The highest BCUT2D eigenvalue weighted by molar-refractivity contribution is 6.32. The molecule has 1 aromatic carbocycles. The van der Waals surface area contributed by atoms with Crippen LogP contribution in [0.5, 0.6) is 0 Å². The lowest BCUT2D eigenvalue weighted by Crippen LogP contribution is -1.92. The maximum Gasteiger partial charge on any atom is 0.240 e. The molecule has 0 N–H and O–H groups in total. The van der Waals surface area contributed by atoms with Crippen LogP contribution >= 0.6 is 11.6 Å². The molecule has 144 valence electrons. The van der Waals surface area contributed by atoms with E-state index >= 15 is 0 Å². The van der Waals surface area contributed by atoms with Crippen LogP contribution in [0.25, 0.3) is 12.2 Å². The van der Waals surface area contributed by atoms with Crippen molar-refractivity contribution >= 4 is 23.8 Å². The molecule has 2 heterocycles. The van der Waals surface area contributed by atoms with Crippen molar-refractivity contribution in [2.45, 2.75) is 41.0 Å². The lowest BCUT2D eigenvalue weighted by Gasteiger charge is -1.97. The zero-order chi connectivity index (χ0) is 20.2. The van der Waals surface area contributed by atoms with E-state index in [0.29, 0.717) is 28.8 Å². The van der Waals surface area contributed by atoms with Crippen LogP contribution in [0.4, 0.5) is 4.39 Å². The Morgan fingerprint density at radius 2 is 1.78 bits per heavy atom. The summed E-state index contributed by atoms with van der Waals surface area (Å²) in [5.74, 6) is 0.457. The van der Waals surface area contributed by atoms with Gasteiger partial charge in [0.15, 0.2) is 0 Å². The minimum Gasteiger partial charge on any atom is -0.421 e. The van der Waals surface area contributed by atoms with Crippen molar-refractivity contribution in [3.05, 3.63) is 76.0 Å². The summed E-state index contributed by atoms with van der Waals surface area (Å²) in [6.45, 7) is 10.00. The van der Waals surface area contributed by atoms with Crippen LogP contribution in [-0.2, 0) is 6.42 Å². The smallest absolute Gasteiger partial charge is 0.240 e. The second-order valence-electron chi connectivity index (χ2n) is 5.03. The average Bonchev–Trinajstić information content (AvgIpc) is 3.12. The number of hydrogen-bond donors (Lipinski definition) is 0. The summed E-state index contributed by atoms with van der Waals surface area (Å²) in [5.41, 5.74) is 2.67. The number of benzene rings is 1. The third-order valence-electron chi connectivity index (χ3n) is 3.15. The Labute approximate surface area is 165 Å². The van der Waals surface area contributed by atoms with E-state index in [1.807, 2.05) is 46.8 Å². The normalized spacial score (nSPS) is 10.0. The third-order valence-corrected chi connectivity index (χ3v) is 3.48. The maximum atomic E-state index is 13.0. The summed E-state index contributed by atoms with van der Waals surface area (Å²) in [6.07, 6.45) is 5.56. The van der Waals surface area contributed by atoms with E-state index in [1.54, 1.807) is 24.4 Å². The standard InChI is InChI=1S/C17H13ClFN3O.2C2H6/c1-11-6-7-20-14(8-11)10-17-22-21-16(23-17)5-3-12-2-4-13(19)9-15(12)18;2*1-2/h2-9H,10H2,1H3;2*1-2H3/b5-3+;;. The van der Waals surface area contributed by atoms with Gasteiger partial charge in [0, 0.05) is 18.0 Å². The quantitative estimate of drug-likeness (QED) is 0.519. The Morgan fingerprint density at radius 1 is 1.04 bits per heavy atom. The highest BCUT2D eigenvalue weighted by atomic mass is 35.5. The van der Waals surface area contributed by atoms with Crippen LogP contribution in [0.15, 0.2) is 40.9 Å². The van der Waals surface area contributed by atoms with Crippen molar-refractivity contribution in [1.29, 1.82) is 0 Å². The summed E-state index contributed by atoms with van der Waals surface area (Å²) in [5, 5.41) is 8.26. The Hall–Kier alpha value is -2.53. The van der Waals surface area contributed by atoms with Crippen molar-refractivity contribution in [2.24, 2.45) is 0 Å². The van der Waals surface area contributed by atoms with E-state index in [9.17, 15) is 4.39 Å². The molecule has 6 heteroatoms. The molecule has 0 aliphatic rings. The molecule has 3 rings (SSSR count). The van der Waals surface area contributed by atoms with Crippen LogP contribution in [0, 0.1) is 12.7 Å². The molecule has 0 amide bonds. The lowest BCUT2D eigenvalue weighted by molar-refractivity contribution is 0.495. The monoisotopic (exact) mass is 389 g/mol. The molecule has 4 nitrogen and oxygen atoms in total. The molecule has 0 spiro atoms. The Morgan fingerprint density at radius 3 is 2.44 bits per heavy atom. The number of nitrogens with zero attached hydrogens (tertiary/aromatic N) is 3. The summed E-state index contributed by atoms with van der Waals surface area (Å²) in [7, 11) is 0. The molecule has 0 bridgehead atoms. The van der Waals surface area contributed by atoms with Gasteiger partial charge in [-0.1, -0.05) is 45.4 Å². The lowest BCUT2D eigenvalue weighted by atomic mass is 10.2. The van der Waals surface area contributed by atoms with E-state index in [0.717, 1.165) is 11.3 Å². The van der Waals surface area contributed by atoms with Gasteiger partial charge in [-0.05, 0) is 48.4 Å². The number of rotatable bonds is 4. The van der Waals surface area contributed by atoms with Crippen LogP contribution in [-0.4, -0.2) is 15.2 Å². The minimum atomic E-state index is -0.377. The van der Waals surface area contributed by atoms with E-state index in [1.165, 1.54) is 12.1 Å². The predicted molar refractivity (Wildman–Crippen MR) is 109 cm³/mol. The summed E-state index contributed by atoms with van der Waals surface area (Å²) < 4.78 is 18.5. The second kappa shape index (κ2) is 12.0. The Bertz CT molecular complexity index is 862. The maximum absolute atomic E-state index is 13.0. The van der Waals surface area contributed by atoms with Gasteiger partial charge >= 0.3 is 0 Å². The summed E-state index contributed by atoms with van der Waals surface area (Å²) in [4.78, 5) is 4.26.